The first-order valence-electron chi connectivity index (χ1n) is 13.0. The quantitative estimate of drug-likeness (QED) is 0.273. The van der Waals surface area contributed by atoms with E-state index in [2.05, 4.69) is 24.9 Å². The molecule has 0 saturated carbocycles. The van der Waals surface area contributed by atoms with Gasteiger partial charge in [0, 0.05) is 50.3 Å². The van der Waals surface area contributed by atoms with E-state index in [0.717, 1.165) is 49.6 Å². The van der Waals surface area contributed by atoms with Gasteiger partial charge in [0.2, 0.25) is 5.89 Å². The number of piperazine rings is 1. The van der Waals surface area contributed by atoms with E-state index in [1.807, 2.05) is 30.3 Å². The van der Waals surface area contributed by atoms with Crippen molar-refractivity contribution in [2.45, 2.75) is 25.2 Å². The number of aliphatic hydroxyl groups is 1. The van der Waals surface area contributed by atoms with Crippen LogP contribution in [-0.2, 0) is 23.9 Å². The molecule has 1 N–H and O–H groups in total. The third-order valence-electron chi connectivity index (χ3n) is 6.61. The van der Waals surface area contributed by atoms with Gasteiger partial charge in [0.1, 0.15) is 6.26 Å². The first-order valence-corrected chi connectivity index (χ1v) is 13.0. The Morgan fingerprint density at radius 3 is 2.33 bits per heavy atom. The van der Waals surface area contributed by atoms with Crippen molar-refractivity contribution < 1.29 is 32.0 Å². The molecule has 1 atom stereocenters. The van der Waals surface area contributed by atoms with E-state index in [-0.39, 0.29) is 12.5 Å². The lowest BCUT2D eigenvalue weighted by molar-refractivity contribution is -0.137. The molecule has 0 unspecified atom stereocenters. The number of aromatic nitrogens is 3. The highest BCUT2D eigenvalue weighted by Crippen LogP contribution is 2.30. The maximum Gasteiger partial charge on any atom is 0.416 e. The average molecular weight is 558 g/mol. The van der Waals surface area contributed by atoms with Crippen LogP contribution in [0.15, 0.2) is 69.8 Å². The molecule has 2 aromatic heterocycles. The Morgan fingerprint density at radius 2 is 1.60 bits per heavy atom. The molecule has 1 fully saturated rings. The summed E-state index contributed by atoms with van der Waals surface area (Å²) < 4.78 is 54.8. The van der Waals surface area contributed by atoms with Crippen molar-refractivity contribution in [2.24, 2.45) is 0 Å². The van der Waals surface area contributed by atoms with Gasteiger partial charge in [-0.2, -0.15) is 18.2 Å². The first kappa shape index (κ1) is 28.0. The monoisotopic (exact) mass is 557 g/mol. The molecule has 1 aliphatic rings. The maximum atomic E-state index is 12.8. The first-order chi connectivity index (χ1) is 19.3. The van der Waals surface area contributed by atoms with Crippen molar-refractivity contribution in [3.05, 3.63) is 77.9 Å². The number of oxazole rings is 1. The summed E-state index contributed by atoms with van der Waals surface area (Å²) in [4.78, 5) is 13.2. The number of benzene rings is 2. The van der Waals surface area contributed by atoms with Crippen LogP contribution in [0.2, 0.25) is 0 Å². The molecule has 12 heteroatoms. The molecular weight excluding hydrogens is 527 g/mol. The van der Waals surface area contributed by atoms with Crippen molar-refractivity contribution in [2.75, 3.05) is 45.9 Å². The third kappa shape index (κ3) is 7.54. The van der Waals surface area contributed by atoms with Gasteiger partial charge in [-0.1, -0.05) is 23.4 Å². The second kappa shape index (κ2) is 12.7. The number of halogens is 3. The number of ether oxygens (including phenoxy) is 1. The van der Waals surface area contributed by atoms with Crippen molar-refractivity contribution in [3.8, 4) is 22.9 Å². The van der Waals surface area contributed by atoms with Crippen molar-refractivity contribution in [1.82, 2.24) is 24.9 Å². The lowest BCUT2D eigenvalue weighted by Crippen LogP contribution is -2.48. The van der Waals surface area contributed by atoms with E-state index in [9.17, 15) is 18.3 Å². The molecule has 0 aliphatic carbocycles. The molecule has 2 aromatic carbocycles. The summed E-state index contributed by atoms with van der Waals surface area (Å²) in [6, 6.07) is 14.3. The Hall–Kier alpha value is -3.58. The number of β-amino-alcohol motifs (C(OH)–C–C–N with tert-alkyl or cyclic N) is 1. The van der Waals surface area contributed by atoms with Crippen LogP contribution >= 0.6 is 0 Å². The summed E-state index contributed by atoms with van der Waals surface area (Å²) >= 11 is 0. The zero-order chi connectivity index (χ0) is 28.0. The van der Waals surface area contributed by atoms with Gasteiger partial charge in [0.25, 0.3) is 5.89 Å². The molecular formula is C28H30F3N5O4. The molecule has 0 radical (unpaired) electrons. The molecule has 1 saturated heterocycles. The molecule has 9 nitrogen and oxygen atoms in total. The van der Waals surface area contributed by atoms with Crippen molar-refractivity contribution >= 4 is 0 Å². The number of hydrogen-bond acceptors (Lipinski definition) is 9. The summed E-state index contributed by atoms with van der Waals surface area (Å²) in [7, 11) is 0. The highest BCUT2D eigenvalue weighted by molar-refractivity contribution is 5.53. The fraction of sp³-hybridized carbons (Fsp3) is 0.393. The Morgan fingerprint density at radius 1 is 0.900 bits per heavy atom. The number of aliphatic hydroxyl groups excluding tert-OH is 1. The molecule has 5 rings (SSSR count). The van der Waals surface area contributed by atoms with E-state index in [1.165, 1.54) is 12.1 Å². The lowest BCUT2D eigenvalue weighted by atomic mass is 10.1. The van der Waals surface area contributed by atoms with Gasteiger partial charge in [-0.05, 0) is 36.4 Å². The highest BCUT2D eigenvalue weighted by Gasteiger charge is 2.30. The largest absolute Gasteiger partial charge is 0.444 e. The van der Waals surface area contributed by atoms with Gasteiger partial charge in [-0.3, -0.25) is 9.80 Å². The van der Waals surface area contributed by atoms with Gasteiger partial charge < -0.3 is 18.8 Å². The van der Waals surface area contributed by atoms with Crippen molar-refractivity contribution in [3.63, 3.8) is 0 Å². The molecule has 3 heterocycles. The van der Waals surface area contributed by atoms with E-state index in [0.29, 0.717) is 43.4 Å². The van der Waals surface area contributed by atoms with E-state index in [1.54, 1.807) is 6.26 Å². The summed E-state index contributed by atoms with van der Waals surface area (Å²) in [6.45, 7) is 4.70. The summed E-state index contributed by atoms with van der Waals surface area (Å²) in [6.07, 6.45) is -2.77. The molecule has 40 heavy (non-hydrogen) atoms. The molecule has 212 valence electrons. The zero-order valence-electron chi connectivity index (χ0n) is 21.8. The predicted octanol–water partition coefficient (Wildman–Crippen LogP) is 4.15. The van der Waals surface area contributed by atoms with Crippen molar-refractivity contribution in [1.29, 1.82) is 0 Å². The Bertz CT molecular complexity index is 1340. The summed E-state index contributed by atoms with van der Waals surface area (Å²) in [5.41, 5.74) is 1.43. The fourth-order valence-corrected chi connectivity index (χ4v) is 4.45. The highest BCUT2D eigenvalue weighted by atomic mass is 19.4. The van der Waals surface area contributed by atoms with Gasteiger partial charge in [0.05, 0.1) is 37.1 Å². The minimum atomic E-state index is -4.39. The SMILES string of the molecule is O[C@@H](COCCc1coc(-c2ccccc2)n1)CN1CCN(Cc2noc(-c3ccc(C(F)(F)F)cc3)n2)CC1. The number of hydrogen-bond donors (Lipinski definition) is 1. The number of nitrogens with zero attached hydrogens (tertiary/aromatic N) is 5. The maximum absolute atomic E-state index is 12.8. The Balaban J connectivity index is 0.985. The topological polar surface area (TPSA) is 101 Å². The molecule has 0 bridgehead atoms. The summed E-state index contributed by atoms with van der Waals surface area (Å²) in [5, 5.41) is 14.4. The van der Waals surface area contributed by atoms with Crippen LogP contribution in [0.3, 0.4) is 0 Å². The Kier molecular flexibility index (Phi) is 8.90. The number of alkyl halides is 3. The molecule has 0 amide bonds. The van der Waals surface area contributed by atoms with Gasteiger partial charge in [-0.15, -0.1) is 0 Å². The van der Waals surface area contributed by atoms with Gasteiger partial charge >= 0.3 is 6.18 Å². The zero-order valence-corrected chi connectivity index (χ0v) is 21.8. The standard InChI is InChI=1S/C28H30F3N5O4/c29-28(30,31)22-8-6-21(7-9-22)27-33-25(34-40-27)17-36-13-11-35(12-14-36)16-24(37)19-38-15-10-23-18-39-26(32-23)20-4-2-1-3-5-20/h1-9,18,24,37H,10-17,19H2/t24-/m1/s1. The van der Waals surface area contributed by atoms with Crippen LogP contribution in [0, 0.1) is 0 Å². The Labute approximate surface area is 229 Å². The van der Waals surface area contributed by atoms with E-state index in [4.69, 9.17) is 13.7 Å². The smallest absolute Gasteiger partial charge is 0.416 e. The van der Waals surface area contributed by atoms with Gasteiger partial charge in [-0.25, -0.2) is 4.98 Å². The van der Waals surface area contributed by atoms with Crippen LogP contribution in [0.5, 0.6) is 0 Å². The van der Waals surface area contributed by atoms with E-state index >= 15 is 0 Å². The van der Waals surface area contributed by atoms with Crippen LogP contribution in [0.1, 0.15) is 17.1 Å². The second-order valence-corrected chi connectivity index (χ2v) is 9.66. The number of rotatable bonds is 11. The second-order valence-electron chi connectivity index (χ2n) is 9.66. The van der Waals surface area contributed by atoms with Gasteiger partial charge in [0.15, 0.2) is 5.82 Å². The molecule has 1 aliphatic heterocycles. The van der Waals surface area contributed by atoms with Crippen LogP contribution in [0.4, 0.5) is 13.2 Å². The molecule has 4 aromatic rings. The predicted molar refractivity (Wildman–Crippen MR) is 139 cm³/mol. The van der Waals surface area contributed by atoms with Crippen LogP contribution < -0.4 is 0 Å². The summed E-state index contributed by atoms with van der Waals surface area (Å²) in [5.74, 6) is 1.24. The average Bonchev–Trinajstić information content (AvgIpc) is 3.62. The molecule has 0 spiro atoms. The minimum absolute atomic E-state index is 0.186. The third-order valence-corrected chi connectivity index (χ3v) is 6.61. The van der Waals surface area contributed by atoms with Crippen LogP contribution in [-0.4, -0.2) is 82.1 Å². The minimum Gasteiger partial charge on any atom is -0.444 e. The lowest BCUT2D eigenvalue weighted by Gasteiger charge is -2.34. The van der Waals surface area contributed by atoms with Crippen LogP contribution in [0.25, 0.3) is 22.9 Å². The fourth-order valence-electron chi connectivity index (χ4n) is 4.45. The van der Waals surface area contributed by atoms with E-state index < -0.39 is 17.8 Å². The normalized spacial score (nSPS) is 15.9.